The molecule has 0 aliphatic heterocycles. The van der Waals surface area contributed by atoms with Gasteiger partial charge in [-0.1, -0.05) is 39.3 Å². The average Bonchev–Trinajstić information content (AvgIpc) is 2.65. The van der Waals surface area contributed by atoms with Gasteiger partial charge in [-0.05, 0) is 24.0 Å². The van der Waals surface area contributed by atoms with Crippen LogP contribution in [0.2, 0.25) is 5.02 Å². The number of nitrogens with one attached hydrogen (secondary N) is 2. The molecular formula is C22H22ClF5N2O3. The Morgan fingerprint density at radius 3 is 1.39 bits per heavy atom. The maximum absolute atomic E-state index is 14.1. The molecule has 0 spiro atoms. The summed E-state index contributed by atoms with van der Waals surface area (Å²) < 4.78 is 74.2. The Hall–Kier alpha value is -2.88. The number of carbonyl (C=O) groups excluding carboxylic acids is 2. The predicted octanol–water partition coefficient (Wildman–Crippen LogP) is 5.68. The second kappa shape index (κ2) is 10.8. The van der Waals surface area contributed by atoms with Gasteiger partial charge in [-0.2, -0.15) is 0 Å². The molecule has 2 unspecified atom stereocenters. The third-order valence-corrected chi connectivity index (χ3v) is 4.87. The fourth-order valence-electron chi connectivity index (χ4n) is 2.89. The van der Waals surface area contributed by atoms with Gasteiger partial charge in [-0.3, -0.25) is 0 Å². The zero-order valence-electron chi connectivity index (χ0n) is 18.1. The van der Waals surface area contributed by atoms with Gasteiger partial charge in [0.15, 0.2) is 23.3 Å². The Morgan fingerprint density at radius 1 is 0.727 bits per heavy atom. The van der Waals surface area contributed by atoms with E-state index < -0.39 is 76.3 Å². The Balaban J connectivity index is 2.23. The number of hydrogen-bond acceptors (Lipinski definition) is 5. The Bertz CT molecular complexity index is 921. The highest BCUT2D eigenvalue weighted by atomic mass is 35.5. The van der Waals surface area contributed by atoms with E-state index in [1.807, 2.05) is 0 Å². The highest BCUT2D eigenvalue weighted by molar-refractivity contribution is 6.30. The van der Waals surface area contributed by atoms with Gasteiger partial charge in [0.25, 0.3) is 0 Å². The van der Waals surface area contributed by atoms with E-state index in [1.54, 1.807) is 0 Å². The fraction of sp³-hybridized carbons (Fsp3) is 0.364. The van der Waals surface area contributed by atoms with Crippen molar-refractivity contribution in [1.82, 2.24) is 0 Å². The van der Waals surface area contributed by atoms with Crippen LogP contribution >= 0.6 is 11.6 Å². The summed E-state index contributed by atoms with van der Waals surface area (Å²) in [5.74, 6) is -9.41. The van der Waals surface area contributed by atoms with E-state index in [9.17, 15) is 31.5 Å². The minimum atomic E-state index is -1.40. The zero-order chi connectivity index (χ0) is 25.0. The lowest BCUT2D eigenvalue weighted by Crippen LogP contribution is -2.43. The highest BCUT2D eigenvalue weighted by Crippen LogP contribution is 2.26. The van der Waals surface area contributed by atoms with E-state index in [4.69, 9.17) is 16.3 Å². The van der Waals surface area contributed by atoms with E-state index in [2.05, 4.69) is 10.6 Å². The molecule has 0 fully saturated rings. The minimum absolute atomic E-state index is 0.194. The normalized spacial score (nSPS) is 13.1. The van der Waals surface area contributed by atoms with E-state index in [0.717, 1.165) is 12.1 Å². The molecule has 2 rings (SSSR count). The first-order valence-corrected chi connectivity index (χ1v) is 10.3. The van der Waals surface area contributed by atoms with E-state index in [1.165, 1.54) is 27.7 Å². The second-order valence-corrected chi connectivity index (χ2v) is 8.40. The summed E-state index contributed by atoms with van der Waals surface area (Å²) in [5, 5.41) is 4.47. The molecule has 0 radical (unpaired) electrons. The molecular weight excluding hydrogens is 471 g/mol. The van der Waals surface area contributed by atoms with Crippen molar-refractivity contribution in [3.8, 4) is 0 Å². The van der Waals surface area contributed by atoms with Crippen molar-refractivity contribution >= 4 is 34.9 Å². The molecule has 33 heavy (non-hydrogen) atoms. The van der Waals surface area contributed by atoms with Gasteiger partial charge in [-0.15, -0.1) is 0 Å². The first-order valence-electron chi connectivity index (χ1n) is 9.89. The first kappa shape index (κ1) is 26.4. The Kier molecular flexibility index (Phi) is 8.65. The molecule has 0 aliphatic carbocycles. The Labute approximate surface area is 192 Å². The van der Waals surface area contributed by atoms with Crippen LogP contribution < -0.4 is 10.6 Å². The SMILES string of the molecule is CC(C)C(Nc1c(F)cc(F)cc1F)C(=O)OC(=O)C(Nc1c(F)cc(Cl)cc1F)C(C)C. The lowest BCUT2D eigenvalue weighted by Gasteiger charge is -2.25. The molecule has 0 saturated heterocycles. The summed E-state index contributed by atoms with van der Waals surface area (Å²) in [7, 11) is 0. The Morgan fingerprint density at radius 2 is 1.06 bits per heavy atom. The standard InChI is InChI=1S/C22H22ClF5N2O3/c1-9(2)17(29-19-13(25)5-11(23)6-14(19)26)21(31)33-22(32)18(10(3)4)30-20-15(27)7-12(24)8-16(20)28/h5-10,17-18,29-30H,1-4H3. The molecule has 0 saturated carbocycles. The fourth-order valence-corrected chi connectivity index (χ4v) is 3.08. The van der Waals surface area contributed by atoms with Crippen molar-refractivity contribution in [2.75, 3.05) is 10.6 Å². The van der Waals surface area contributed by atoms with Gasteiger partial charge < -0.3 is 15.4 Å². The molecule has 0 amide bonds. The molecule has 0 bridgehead atoms. The van der Waals surface area contributed by atoms with E-state index >= 15 is 0 Å². The maximum Gasteiger partial charge on any atom is 0.336 e. The number of halogens is 6. The molecule has 0 aromatic heterocycles. The molecule has 0 aliphatic rings. The lowest BCUT2D eigenvalue weighted by atomic mass is 10.0. The number of carbonyl (C=O) groups is 2. The largest absolute Gasteiger partial charge is 0.390 e. The van der Waals surface area contributed by atoms with Gasteiger partial charge in [-0.25, -0.2) is 31.5 Å². The third kappa shape index (κ3) is 6.56. The van der Waals surface area contributed by atoms with Crippen LogP contribution in [0.1, 0.15) is 27.7 Å². The summed E-state index contributed by atoms with van der Waals surface area (Å²) in [6.45, 7) is 6.10. The van der Waals surface area contributed by atoms with Gasteiger partial charge in [0, 0.05) is 17.2 Å². The first-order chi connectivity index (χ1) is 15.3. The number of anilines is 2. The van der Waals surface area contributed by atoms with Crippen LogP contribution in [-0.4, -0.2) is 24.0 Å². The summed E-state index contributed by atoms with van der Waals surface area (Å²) in [5.41, 5.74) is -1.42. The van der Waals surface area contributed by atoms with Crippen LogP contribution in [0.15, 0.2) is 24.3 Å². The molecule has 0 heterocycles. The monoisotopic (exact) mass is 492 g/mol. The van der Waals surface area contributed by atoms with Gasteiger partial charge in [0.1, 0.15) is 29.3 Å². The van der Waals surface area contributed by atoms with Crippen LogP contribution in [0.25, 0.3) is 0 Å². The summed E-state index contributed by atoms with van der Waals surface area (Å²) in [4.78, 5) is 25.3. The number of esters is 2. The van der Waals surface area contributed by atoms with Crippen LogP contribution in [0.5, 0.6) is 0 Å². The van der Waals surface area contributed by atoms with Crippen LogP contribution in [0.3, 0.4) is 0 Å². The van der Waals surface area contributed by atoms with Crippen molar-refractivity contribution in [3.05, 3.63) is 58.4 Å². The number of ether oxygens (including phenoxy) is 1. The summed E-state index contributed by atoms with van der Waals surface area (Å²) >= 11 is 5.59. The quantitative estimate of drug-likeness (QED) is 0.282. The third-order valence-electron chi connectivity index (χ3n) is 4.66. The molecule has 2 aromatic carbocycles. The number of hydrogen-bond donors (Lipinski definition) is 2. The number of rotatable bonds is 8. The molecule has 2 N–H and O–H groups in total. The zero-order valence-corrected chi connectivity index (χ0v) is 18.9. The molecule has 11 heteroatoms. The van der Waals surface area contributed by atoms with Gasteiger partial charge >= 0.3 is 11.9 Å². The second-order valence-electron chi connectivity index (χ2n) is 7.96. The van der Waals surface area contributed by atoms with E-state index in [-0.39, 0.29) is 5.02 Å². The summed E-state index contributed by atoms with van der Waals surface area (Å²) in [6.07, 6.45) is 0. The smallest absolute Gasteiger partial charge is 0.336 e. The van der Waals surface area contributed by atoms with Crippen LogP contribution in [-0.2, 0) is 14.3 Å². The van der Waals surface area contributed by atoms with Crippen LogP contribution in [0, 0.1) is 40.9 Å². The van der Waals surface area contributed by atoms with Crippen molar-refractivity contribution in [2.24, 2.45) is 11.8 Å². The predicted molar refractivity (Wildman–Crippen MR) is 113 cm³/mol. The van der Waals surface area contributed by atoms with Gasteiger partial charge in [0.05, 0.1) is 0 Å². The van der Waals surface area contributed by atoms with Crippen molar-refractivity contribution < 1.29 is 36.3 Å². The average molecular weight is 493 g/mol. The topological polar surface area (TPSA) is 67.4 Å². The van der Waals surface area contributed by atoms with Crippen molar-refractivity contribution in [3.63, 3.8) is 0 Å². The highest BCUT2D eigenvalue weighted by Gasteiger charge is 2.33. The molecule has 5 nitrogen and oxygen atoms in total. The van der Waals surface area contributed by atoms with Crippen LogP contribution in [0.4, 0.5) is 33.3 Å². The van der Waals surface area contributed by atoms with Gasteiger partial charge in [0.2, 0.25) is 0 Å². The molecule has 2 aromatic rings. The lowest BCUT2D eigenvalue weighted by molar-refractivity contribution is -0.161. The van der Waals surface area contributed by atoms with E-state index in [0.29, 0.717) is 12.1 Å². The maximum atomic E-state index is 14.1. The summed E-state index contributed by atoms with van der Waals surface area (Å²) in [6, 6.07) is -0.233. The number of benzene rings is 2. The van der Waals surface area contributed by atoms with Crippen molar-refractivity contribution in [1.29, 1.82) is 0 Å². The molecule has 180 valence electrons. The molecule has 2 atom stereocenters. The van der Waals surface area contributed by atoms with Crippen molar-refractivity contribution in [2.45, 2.75) is 39.8 Å². The minimum Gasteiger partial charge on any atom is -0.390 e.